The van der Waals surface area contributed by atoms with Crippen LogP contribution in [0.15, 0.2) is 176 Å². The molecular formula is C43H29N3. The fourth-order valence-electron chi connectivity index (χ4n) is 5.98. The Morgan fingerprint density at radius 1 is 0.348 bits per heavy atom. The van der Waals surface area contributed by atoms with E-state index in [9.17, 15) is 0 Å². The smallest absolute Gasteiger partial charge is 0.160 e. The van der Waals surface area contributed by atoms with Gasteiger partial charge in [-0.1, -0.05) is 152 Å². The van der Waals surface area contributed by atoms with Gasteiger partial charge in [0.2, 0.25) is 0 Å². The fraction of sp³-hybridized carbons (Fsp3) is 0. The van der Waals surface area contributed by atoms with E-state index in [0.717, 1.165) is 44.8 Å². The second-order valence-corrected chi connectivity index (χ2v) is 11.3. The highest BCUT2D eigenvalue weighted by Gasteiger charge is 2.12. The molecule has 216 valence electrons. The molecule has 2 aromatic heterocycles. The van der Waals surface area contributed by atoms with Gasteiger partial charge in [-0.25, -0.2) is 9.97 Å². The normalized spacial score (nSPS) is 11.0. The van der Waals surface area contributed by atoms with E-state index in [1.165, 1.54) is 27.5 Å². The molecule has 3 nitrogen and oxygen atoms in total. The van der Waals surface area contributed by atoms with Crippen molar-refractivity contribution in [3.63, 3.8) is 0 Å². The molecule has 8 aromatic rings. The molecule has 8 rings (SSSR count). The van der Waals surface area contributed by atoms with Crippen molar-refractivity contribution in [1.29, 1.82) is 0 Å². The van der Waals surface area contributed by atoms with Gasteiger partial charge < -0.3 is 0 Å². The Morgan fingerprint density at radius 3 is 1.54 bits per heavy atom. The van der Waals surface area contributed by atoms with Crippen molar-refractivity contribution >= 4 is 10.8 Å². The van der Waals surface area contributed by atoms with Crippen molar-refractivity contribution in [2.75, 3.05) is 0 Å². The Morgan fingerprint density at radius 2 is 0.870 bits per heavy atom. The fourth-order valence-corrected chi connectivity index (χ4v) is 5.98. The molecule has 0 fully saturated rings. The van der Waals surface area contributed by atoms with Crippen molar-refractivity contribution in [3.8, 4) is 67.3 Å². The van der Waals surface area contributed by atoms with Gasteiger partial charge in [-0.05, 0) is 56.3 Å². The van der Waals surface area contributed by atoms with Gasteiger partial charge in [0, 0.05) is 29.1 Å². The predicted molar refractivity (Wildman–Crippen MR) is 190 cm³/mol. The lowest BCUT2D eigenvalue weighted by atomic mass is 9.97. The number of pyridine rings is 1. The topological polar surface area (TPSA) is 38.7 Å². The van der Waals surface area contributed by atoms with E-state index in [0.29, 0.717) is 5.82 Å². The lowest BCUT2D eigenvalue weighted by molar-refractivity contribution is 1.18. The van der Waals surface area contributed by atoms with Crippen molar-refractivity contribution in [1.82, 2.24) is 15.0 Å². The SMILES string of the molecule is c1ccc(-c2cc(-c3ccc(-c4ccc(-c5cccnc5)cc4)cc3)nc(-c3ccc(-c4cccc5ccccc45)cc3)n2)cc1. The lowest BCUT2D eigenvalue weighted by Gasteiger charge is -2.11. The molecule has 0 bridgehead atoms. The molecule has 0 saturated carbocycles. The Labute approximate surface area is 268 Å². The first-order valence-corrected chi connectivity index (χ1v) is 15.4. The minimum atomic E-state index is 0.705. The second kappa shape index (κ2) is 12.1. The summed E-state index contributed by atoms with van der Waals surface area (Å²) in [5.74, 6) is 0.705. The van der Waals surface area contributed by atoms with Gasteiger partial charge in [0.25, 0.3) is 0 Å². The van der Waals surface area contributed by atoms with Crippen LogP contribution in [0.3, 0.4) is 0 Å². The highest BCUT2D eigenvalue weighted by Crippen LogP contribution is 2.33. The molecule has 0 unspecified atom stereocenters. The number of nitrogens with zero attached hydrogens (tertiary/aromatic N) is 3. The van der Waals surface area contributed by atoms with Crippen LogP contribution in [0.4, 0.5) is 0 Å². The Bertz CT molecular complexity index is 2250. The first kappa shape index (κ1) is 27.4. The predicted octanol–water partition coefficient (Wildman–Crippen LogP) is 11.0. The number of aromatic nitrogens is 3. The standard InChI is InChI=1S/C43H29N3/c1-2-9-35(10-3-1)41-28-42(36-23-19-31(20-24-36)30-15-17-32(18-16-30)38-12-7-27-44-29-38)46-43(45-41)37-25-21-34(22-26-37)40-14-6-11-33-8-4-5-13-39(33)40/h1-29H. The second-order valence-electron chi connectivity index (χ2n) is 11.3. The third-order valence-corrected chi connectivity index (χ3v) is 8.43. The molecule has 0 aliphatic carbocycles. The Hall–Kier alpha value is -6.19. The summed E-state index contributed by atoms with van der Waals surface area (Å²) < 4.78 is 0. The van der Waals surface area contributed by atoms with Gasteiger partial charge in [0.1, 0.15) is 0 Å². The van der Waals surface area contributed by atoms with Crippen LogP contribution in [-0.2, 0) is 0 Å². The molecule has 6 aromatic carbocycles. The summed E-state index contributed by atoms with van der Waals surface area (Å²) >= 11 is 0. The minimum Gasteiger partial charge on any atom is -0.264 e. The Kier molecular flexibility index (Phi) is 7.18. The average Bonchev–Trinajstić information content (AvgIpc) is 3.15. The molecule has 0 atom stereocenters. The van der Waals surface area contributed by atoms with Crippen molar-refractivity contribution in [2.45, 2.75) is 0 Å². The maximum Gasteiger partial charge on any atom is 0.160 e. The van der Waals surface area contributed by atoms with Gasteiger partial charge in [-0.3, -0.25) is 4.98 Å². The molecule has 0 radical (unpaired) electrons. The molecule has 46 heavy (non-hydrogen) atoms. The van der Waals surface area contributed by atoms with Crippen molar-refractivity contribution in [3.05, 3.63) is 176 Å². The third kappa shape index (κ3) is 5.47. The number of benzene rings is 6. The largest absolute Gasteiger partial charge is 0.264 e. The van der Waals surface area contributed by atoms with Crippen LogP contribution in [0.5, 0.6) is 0 Å². The molecule has 0 amide bonds. The molecule has 0 saturated heterocycles. The highest BCUT2D eigenvalue weighted by atomic mass is 14.9. The van der Waals surface area contributed by atoms with Gasteiger partial charge in [0.05, 0.1) is 11.4 Å². The van der Waals surface area contributed by atoms with E-state index < -0.39 is 0 Å². The zero-order chi connectivity index (χ0) is 30.7. The van der Waals surface area contributed by atoms with E-state index in [1.54, 1.807) is 6.20 Å². The minimum absolute atomic E-state index is 0.705. The molecule has 2 heterocycles. The maximum absolute atomic E-state index is 5.08. The van der Waals surface area contributed by atoms with Crippen LogP contribution < -0.4 is 0 Å². The number of hydrogen-bond donors (Lipinski definition) is 0. The van der Waals surface area contributed by atoms with Gasteiger partial charge in [-0.15, -0.1) is 0 Å². The Balaban J connectivity index is 1.13. The third-order valence-electron chi connectivity index (χ3n) is 8.43. The molecule has 0 N–H and O–H groups in total. The summed E-state index contributed by atoms with van der Waals surface area (Å²) in [5.41, 5.74) is 11.8. The first-order valence-electron chi connectivity index (χ1n) is 15.4. The summed E-state index contributed by atoms with van der Waals surface area (Å²) in [6.45, 7) is 0. The number of fused-ring (bicyclic) bond motifs is 1. The van der Waals surface area contributed by atoms with Crippen LogP contribution in [0.25, 0.3) is 78.1 Å². The van der Waals surface area contributed by atoms with E-state index in [4.69, 9.17) is 9.97 Å². The van der Waals surface area contributed by atoms with Crippen molar-refractivity contribution in [2.24, 2.45) is 0 Å². The maximum atomic E-state index is 5.08. The van der Waals surface area contributed by atoms with Crippen LogP contribution in [0, 0.1) is 0 Å². The number of hydrogen-bond acceptors (Lipinski definition) is 3. The summed E-state index contributed by atoms with van der Waals surface area (Å²) in [6.07, 6.45) is 3.69. The van der Waals surface area contributed by atoms with Crippen LogP contribution >= 0.6 is 0 Å². The van der Waals surface area contributed by atoms with E-state index in [-0.39, 0.29) is 0 Å². The van der Waals surface area contributed by atoms with Crippen LogP contribution in [0.1, 0.15) is 0 Å². The summed E-state index contributed by atoms with van der Waals surface area (Å²) in [4.78, 5) is 14.4. The van der Waals surface area contributed by atoms with Gasteiger partial charge in [0.15, 0.2) is 5.82 Å². The zero-order valence-electron chi connectivity index (χ0n) is 25.1. The number of rotatable bonds is 6. The first-order chi connectivity index (χ1) is 22.8. The monoisotopic (exact) mass is 587 g/mol. The summed E-state index contributed by atoms with van der Waals surface area (Å²) in [5, 5.41) is 2.48. The van der Waals surface area contributed by atoms with E-state index >= 15 is 0 Å². The lowest BCUT2D eigenvalue weighted by Crippen LogP contribution is -1.96. The van der Waals surface area contributed by atoms with Crippen LogP contribution in [-0.4, -0.2) is 15.0 Å². The van der Waals surface area contributed by atoms with Gasteiger partial charge in [-0.2, -0.15) is 0 Å². The molecule has 0 aliphatic heterocycles. The summed E-state index contributed by atoms with van der Waals surface area (Å²) in [6, 6.07) is 57.2. The molecule has 0 aliphatic rings. The van der Waals surface area contributed by atoms with E-state index in [2.05, 4.69) is 145 Å². The average molecular weight is 588 g/mol. The zero-order valence-corrected chi connectivity index (χ0v) is 25.1. The molecule has 3 heteroatoms. The summed E-state index contributed by atoms with van der Waals surface area (Å²) in [7, 11) is 0. The molecular weight excluding hydrogens is 558 g/mol. The van der Waals surface area contributed by atoms with E-state index in [1.807, 2.05) is 30.5 Å². The van der Waals surface area contributed by atoms with Gasteiger partial charge >= 0.3 is 0 Å². The molecule has 0 spiro atoms. The highest BCUT2D eigenvalue weighted by molar-refractivity contribution is 5.96. The van der Waals surface area contributed by atoms with Crippen molar-refractivity contribution < 1.29 is 0 Å². The van der Waals surface area contributed by atoms with Crippen LogP contribution in [0.2, 0.25) is 0 Å². The quantitative estimate of drug-likeness (QED) is 0.194.